The highest BCUT2D eigenvalue weighted by Gasteiger charge is 2.15. The summed E-state index contributed by atoms with van der Waals surface area (Å²) in [5.41, 5.74) is 6.11. The fourth-order valence-electron chi connectivity index (χ4n) is 1.77. The van der Waals surface area contributed by atoms with Crippen LogP contribution in [0.5, 0.6) is 5.75 Å². The SMILES string of the molecule is C=CCC(CC=C)C(=O)Nc1ccc(OCCN)cc1. The molecule has 1 aromatic carbocycles. The van der Waals surface area contributed by atoms with E-state index in [4.69, 9.17) is 10.5 Å². The summed E-state index contributed by atoms with van der Waals surface area (Å²) in [6.07, 6.45) is 4.76. The molecule has 1 rings (SSSR count). The first-order chi connectivity index (χ1) is 9.71. The monoisotopic (exact) mass is 274 g/mol. The van der Waals surface area contributed by atoms with Crippen molar-refractivity contribution in [1.82, 2.24) is 0 Å². The Kier molecular flexibility index (Phi) is 7.14. The molecule has 0 aliphatic rings. The molecule has 4 nitrogen and oxygen atoms in total. The van der Waals surface area contributed by atoms with E-state index in [9.17, 15) is 4.79 Å². The zero-order valence-electron chi connectivity index (χ0n) is 11.7. The van der Waals surface area contributed by atoms with E-state index < -0.39 is 0 Å². The Bertz CT molecular complexity index is 430. The van der Waals surface area contributed by atoms with E-state index in [1.807, 2.05) is 12.1 Å². The third-order valence-electron chi connectivity index (χ3n) is 2.78. The minimum absolute atomic E-state index is 0.0274. The molecule has 0 saturated carbocycles. The number of rotatable bonds is 9. The largest absolute Gasteiger partial charge is 0.492 e. The lowest BCUT2D eigenvalue weighted by Gasteiger charge is -2.13. The Labute approximate surface area is 120 Å². The molecule has 0 radical (unpaired) electrons. The van der Waals surface area contributed by atoms with Crippen molar-refractivity contribution in [2.75, 3.05) is 18.5 Å². The van der Waals surface area contributed by atoms with Crippen molar-refractivity contribution in [3.05, 3.63) is 49.6 Å². The van der Waals surface area contributed by atoms with Crippen LogP contribution in [0.15, 0.2) is 49.6 Å². The Morgan fingerprint density at radius 1 is 1.25 bits per heavy atom. The number of allylic oxidation sites excluding steroid dienone is 2. The number of carbonyl (C=O) groups is 1. The number of nitrogens with two attached hydrogens (primary N) is 1. The fraction of sp³-hybridized carbons (Fsp3) is 0.312. The van der Waals surface area contributed by atoms with E-state index >= 15 is 0 Å². The molecule has 0 fully saturated rings. The number of hydrogen-bond acceptors (Lipinski definition) is 3. The van der Waals surface area contributed by atoms with Crippen molar-refractivity contribution in [2.24, 2.45) is 11.7 Å². The molecule has 0 spiro atoms. The van der Waals surface area contributed by atoms with Crippen LogP contribution in [-0.4, -0.2) is 19.1 Å². The fourth-order valence-corrected chi connectivity index (χ4v) is 1.77. The quantitative estimate of drug-likeness (QED) is 0.680. The van der Waals surface area contributed by atoms with Gasteiger partial charge in [-0.1, -0.05) is 12.2 Å². The van der Waals surface area contributed by atoms with Crippen molar-refractivity contribution < 1.29 is 9.53 Å². The van der Waals surface area contributed by atoms with Crippen LogP contribution in [-0.2, 0) is 4.79 Å². The molecule has 0 aliphatic heterocycles. The number of nitrogens with one attached hydrogen (secondary N) is 1. The van der Waals surface area contributed by atoms with Gasteiger partial charge < -0.3 is 15.8 Å². The Morgan fingerprint density at radius 2 is 1.85 bits per heavy atom. The first-order valence-electron chi connectivity index (χ1n) is 6.66. The molecule has 3 N–H and O–H groups in total. The van der Waals surface area contributed by atoms with Crippen molar-refractivity contribution in [3.63, 3.8) is 0 Å². The van der Waals surface area contributed by atoms with Crippen molar-refractivity contribution in [1.29, 1.82) is 0 Å². The molecule has 1 amide bonds. The summed E-state index contributed by atoms with van der Waals surface area (Å²) >= 11 is 0. The molecule has 0 bridgehead atoms. The molecular formula is C16H22N2O2. The van der Waals surface area contributed by atoms with Crippen LogP contribution in [0.25, 0.3) is 0 Å². The smallest absolute Gasteiger partial charge is 0.228 e. The predicted octanol–water partition coefficient (Wildman–Crippen LogP) is 2.73. The van der Waals surface area contributed by atoms with E-state index in [1.54, 1.807) is 24.3 Å². The van der Waals surface area contributed by atoms with Crippen LogP contribution in [0.1, 0.15) is 12.8 Å². The second-order valence-electron chi connectivity index (χ2n) is 4.40. The average molecular weight is 274 g/mol. The number of benzene rings is 1. The van der Waals surface area contributed by atoms with Gasteiger partial charge in [0.25, 0.3) is 0 Å². The lowest BCUT2D eigenvalue weighted by atomic mass is 10.0. The molecule has 1 aromatic rings. The minimum atomic E-state index is -0.127. The molecule has 0 saturated heterocycles. The molecule has 0 unspecified atom stereocenters. The zero-order valence-corrected chi connectivity index (χ0v) is 11.7. The average Bonchev–Trinajstić information content (AvgIpc) is 2.46. The van der Waals surface area contributed by atoms with Gasteiger partial charge in [-0.25, -0.2) is 0 Å². The van der Waals surface area contributed by atoms with Gasteiger partial charge in [0.1, 0.15) is 12.4 Å². The predicted molar refractivity (Wildman–Crippen MR) is 82.7 cm³/mol. The van der Waals surface area contributed by atoms with Crippen LogP contribution >= 0.6 is 0 Å². The summed E-state index contributed by atoms with van der Waals surface area (Å²) in [5.74, 6) is 0.584. The number of ether oxygens (including phenoxy) is 1. The van der Waals surface area contributed by atoms with Gasteiger partial charge in [0, 0.05) is 18.2 Å². The molecule has 0 aromatic heterocycles. The molecule has 0 aliphatic carbocycles. The van der Waals surface area contributed by atoms with Crippen LogP contribution in [0, 0.1) is 5.92 Å². The van der Waals surface area contributed by atoms with Crippen LogP contribution in [0.2, 0.25) is 0 Å². The number of anilines is 1. The summed E-state index contributed by atoms with van der Waals surface area (Å²) in [5, 5.41) is 2.88. The summed E-state index contributed by atoms with van der Waals surface area (Å²) in [6, 6.07) is 7.23. The number of amides is 1. The van der Waals surface area contributed by atoms with E-state index in [0.717, 1.165) is 11.4 Å². The van der Waals surface area contributed by atoms with Crippen LogP contribution < -0.4 is 15.8 Å². The summed E-state index contributed by atoms with van der Waals surface area (Å²) < 4.78 is 5.38. The molecule has 0 atom stereocenters. The molecule has 4 heteroatoms. The van der Waals surface area contributed by atoms with Crippen molar-refractivity contribution in [2.45, 2.75) is 12.8 Å². The summed E-state index contributed by atoms with van der Waals surface area (Å²) in [6.45, 7) is 8.30. The van der Waals surface area contributed by atoms with Gasteiger partial charge in [0.2, 0.25) is 5.91 Å². The van der Waals surface area contributed by atoms with Gasteiger partial charge in [-0.2, -0.15) is 0 Å². The molecule has 0 heterocycles. The molecule has 108 valence electrons. The maximum Gasteiger partial charge on any atom is 0.228 e. The number of carbonyl (C=O) groups excluding carboxylic acids is 1. The second kappa shape index (κ2) is 8.93. The first-order valence-corrected chi connectivity index (χ1v) is 6.66. The van der Waals surface area contributed by atoms with E-state index in [0.29, 0.717) is 26.0 Å². The topological polar surface area (TPSA) is 64.3 Å². The van der Waals surface area contributed by atoms with E-state index in [1.165, 1.54) is 0 Å². The second-order valence-corrected chi connectivity index (χ2v) is 4.40. The summed E-state index contributed by atoms with van der Waals surface area (Å²) in [4.78, 5) is 12.1. The van der Waals surface area contributed by atoms with Gasteiger partial charge >= 0.3 is 0 Å². The number of hydrogen-bond donors (Lipinski definition) is 2. The first kappa shape index (κ1) is 16.0. The Hall–Kier alpha value is -2.07. The van der Waals surface area contributed by atoms with E-state index in [-0.39, 0.29) is 11.8 Å². The van der Waals surface area contributed by atoms with Gasteiger partial charge in [-0.3, -0.25) is 4.79 Å². The lowest BCUT2D eigenvalue weighted by molar-refractivity contribution is -0.119. The third-order valence-corrected chi connectivity index (χ3v) is 2.78. The van der Waals surface area contributed by atoms with Crippen LogP contribution in [0.4, 0.5) is 5.69 Å². The van der Waals surface area contributed by atoms with Gasteiger partial charge in [-0.15, -0.1) is 13.2 Å². The standard InChI is InChI=1S/C16H22N2O2/c1-3-5-13(6-4-2)16(19)18-14-7-9-15(10-8-14)20-12-11-17/h3-4,7-10,13H,1-2,5-6,11-12,17H2,(H,18,19). The maximum atomic E-state index is 12.1. The Morgan fingerprint density at radius 3 is 2.35 bits per heavy atom. The minimum Gasteiger partial charge on any atom is -0.492 e. The van der Waals surface area contributed by atoms with Gasteiger partial charge in [0.15, 0.2) is 0 Å². The lowest BCUT2D eigenvalue weighted by Crippen LogP contribution is -2.22. The molecular weight excluding hydrogens is 252 g/mol. The van der Waals surface area contributed by atoms with Crippen molar-refractivity contribution >= 4 is 11.6 Å². The highest BCUT2D eigenvalue weighted by molar-refractivity contribution is 5.92. The highest BCUT2D eigenvalue weighted by Crippen LogP contribution is 2.18. The third kappa shape index (κ3) is 5.28. The molecule has 20 heavy (non-hydrogen) atoms. The zero-order chi connectivity index (χ0) is 14.8. The summed E-state index contributed by atoms with van der Waals surface area (Å²) in [7, 11) is 0. The van der Waals surface area contributed by atoms with Gasteiger partial charge in [-0.05, 0) is 37.1 Å². The Balaban J connectivity index is 2.59. The van der Waals surface area contributed by atoms with Crippen LogP contribution in [0.3, 0.4) is 0 Å². The van der Waals surface area contributed by atoms with E-state index in [2.05, 4.69) is 18.5 Å². The normalized spacial score (nSPS) is 10.1. The highest BCUT2D eigenvalue weighted by atomic mass is 16.5. The van der Waals surface area contributed by atoms with Crippen molar-refractivity contribution in [3.8, 4) is 5.75 Å². The maximum absolute atomic E-state index is 12.1. The van der Waals surface area contributed by atoms with Gasteiger partial charge in [0.05, 0.1) is 0 Å².